The first-order chi connectivity index (χ1) is 12.6. The fourth-order valence-electron chi connectivity index (χ4n) is 3.58. The van der Waals surface area contributed by atoms with E-state index in [1.165, 1.54) is 15.6 Å². The van der Waals surface area contributed by atoms with Gasteiger partial charge < -0.3 is 10.6 Å². The van der Waals surface area contributed by atoms with Gasteiger partial charge in [0.05, 0.1) is 4.88 Å². The van der Waals surface area contributed by atoms with Crippen LogP contribution in [0.5, 0.6) is 0 Å². The van der Waals surface area contributed by atoms with Gasteiger partial charge in [-0.3, -0.25) is 9.69 Å². The van der Waals surface area contributed by atoms with Crippen LogP contribution in [0.15, 0.2) is 48.5 Å². The van der Waals surface area contributed by atoms with Crippen LogP contribution in [-0.4, -0.2) is 41.9 Å². The molecule has 1 aromatic heterocycles. The number of carbonyl (C=O) groups excluding carboxylic acids is 1. The number of nitrogens with two attached hydrogens (primary N) is 1. The Labute approximate surface area is 157 Å². The molecule has 1 saturated heterocycles. The molecule has 134 valence electrons. The summed E-state index contributed by atoms with van der Waals surface area (Å²) in [6.45, 7) is 6.27. The third-order valence-electron chi connectivity index (χ3n) is 5.05. The van der Waals surface area contributed by atoms with E-state index in [-0.39, 0.29) is 5.91 Å². The van der Waals surface area contributed by atoms with Crippen molar-refractivity contribution in [2.45, 2.75) is 13.5 Å². The maximum atomic E-state index is 13.0. The molecule has 3 aromatic rings. The van der Waals surface area contributed by atoms with Gasteiger partial charge in [-0.15, -0.1) is 11.3 Å². The molecule has 1 amide bonds. The van der Waals surface area contributed by atoms with Crippen LogP contribution in [-0.2, 0) is 6.54 Å². The molecule has 5 heteroatoms. The molecule has 2 N–H and O–H groups in total. The zero-order valence-electron chi connectivity index (χ0n) is 14.9. The lowest BCUT2D eigenvalue weighted by Gasteiger charge is -2.34. The smallest absolute Gasteiger partial charge is 0.264 e. The summed E-state index contributed by atoms with van der Waals surface area (Å²) in [5.41, 5.74) is 9.00. The van der Waals surface area contributed by atoms with E-state index in [0.717, 1.165) is 48.9 Å². The number of nitrogens with zero attached hydrogens (tertiary/aromatic N) is 2. The second kappa shape index (κ2) is 7.09. The number of hydrogen-bond donors (Lipinski definition) is 1. The molecule has 0 saturated carbocycles. The Morgan fingerprint density at radius 1 is 1.08 bits per heavy atom. The molecule has 1 aliphatic heterocycles. The van der Waals surface area contributed by atoms with Crippen LogP contribution >= 0.6 is 11.3 Å². The second-order valence-electron chi connectivity index (χ2n) is 6.87. The molecule has 1 aliphatic rings. The Balaban J connectivity index is 1.42. The summed E-state index contributed by atoms with van der Waals surface area (Å²) in [7, 11) is 0. The van der Waals surface area contributed by atoms with Crippen molar-refractivity contribution in [1.29, 1.82) is 0 Å². The number of aryl methyl sites for hydroxylation is 1. The molecule has 4 nitrogen and oxygen atoms in total. The fourth-order valence-corrected chi connectivity index (χ4v) is 4.76. The second-order valence-corrected chi connectivity index (χ2v) is 7.92. The summed E-state index contributed by atoms with van der Waals surface area (Å²) < 4.78 is 1.19. The highest BCUT2D eigenvalue weighted by Gasteiger charge is 2.25. The minimum absolute atomic E-state index is 0.173. The van der Waals surface area contributed by atoms with Gasteiger partial charge in [0.15, 0.2) is 0 Å². The SMILES string of the molecule is Cc1c(C(=O)N2CCN(Cc3cccc(N)c3)CC2)sc2ccccc12. The summed E-state index contributed by atoms with van der Waals surface area (Å²) in [6.07, 6.45) is 0. The van der Waals surface area contributed by atoms with Gasteiger partial charge in [-0.05, 0) is 41.6 Å². The number of fused-ring (bicyclic) bond motifs is 1. The molecular formula is C21H23N3OS. The Hall–Kier alpha value is -2.37. The van der Waals surface area contributed by atoms with Gasteiger partial charge in [-0.1, -0.05) is 30.3 Å². The van der Waals surface area contributed by atoms with Crippen LogP contribution in [0, 0.1) is 6.92 Å². The van der Waals surface area contributed by atoms with E-state index in [4.69, 9.17) is 5.73 Å². The van der Waals surface area contributed by atoms with Crippen LogP contribution in [0.4, 0.5) is 5.69 Å². The predicted molar refractivity (Wildman–Crippen MR) is 109 cm³/mol. The molecule has 0 bridgehead atoms. The Kier molecular flexibility index (Phi) is 4.66. The first-order valence-electron chi connectivity index (χ1n) is 8.96. The summed E-state index contributed by atoms with van der Waals surface area (Å²) >= 11 is 1.61. The lowest BCUT2D eigenvalue weighted by atomic mass is 10.1. The van der Waals surface area contributed by atoms with Gasteiger partial charge in [-0.25, -0.2) is 0 Å². The highest BCUT2D eigenvalue weighted by molar-refractivity contribution is 7.21. The molecule has 2 heterocycles. The minimum atomic E-state index is 0.173. The van der Waals surface area contributed by atoms with E-state index in [1.807, 2.05) is 35.2 Å². The topological polar surface area (TPSA) is 49.6 Å². The number of amides is 1. The highest BCUT2D eigenvalue weighted by Crippen LogP contribution is 2.31. The van der Waals surface area contributed by atoms with Crippen molar-refractivity contribution >= 4 is 33.0 Å². The Bertz CT molecular complexity index is 941. The summed E-state index contributed by atoms with van der Waals surface area (Å²) in [6, 6.07) is 16.3. The first-order valence-corrected chi connectivity index (χ1v) is 9.77. The summed E-state index contributed by atoms with van der Waals surface area (Å²) in [4.78, 5) is 18.3. The number of carbonyl (C=O) groups is 1. The Morgan fingerprint density at radius 3 is 2.58 bits per heavy atom. The maximum Gasteiger partial charge on any atom is 0.264 e. The van der Waals surface area contributed by atoms with Crippen LogP contribution in [0.1, 0.15) is 20.8 Å². The lowest BCUT2D eigenvalue weighted by Crippen LogP contribution is -2.48. The Morgan fingerprint density at radius 2 is 1.85 bits per heavy atom. The number of rotatable bonds is 3. The molecule has 0 aliphatic carbocycles. The van der Waals surface area contributed by atoms with Crippen molar-refractivity contribution in [3.05, 3.63) is 64.5 Å². The summed E-state index contributed by atoms with van der Waals surface area (Å²) in [5.74, 6) is 0.173. The van der Waals surface area contributed by atoms with Crippen LogP contribution in [0.2, 0.25) is 0 Å². The number of benzene rings is 2. The van der Waals surface area contributed by atoms with E-state index in [0.29, 0.717) is 0 Å². The van der Waals surface area contributed by atoms with Crippen molar-refractivity contribution in [2.75, 3.05) is 31.9 Å². The van der Waals surface area contributed by atoms with Crippen molar-refractivity contribution in [1.82, 2.24) is 9.80 Å². The zero-order valence-corrected chi connectivity index (χ0v) is 15.8. The first kappa shape index (κ1) is 17.1. The molecular weight excluding hydrogens is 342 g/mol. The van der Waals surface area contributed by atoms with Gasteiger partial charge in [0, 0.05) is 43.1 Å². The normalized spacial score (nSPS) is 15.5. The number of thiophene rings is 1. The van der Waals surface area contributed by atoms with Gasteiger partial charge in [0.2, 0.25) is 0 Å². The van der Waals surface area contributed by atoms with Gasteiger partial charge in [-0.2, -0.15) is 0 Å². The molecule has 0 unspecified atom stereocenters. The monoisotopic (exact) mass is 365 g/mol. The fraction of sp³-hybridized carbons (Fsp3) is 0.286. The molecule has 26 heavy (non-hydrogen) atoms. The van der Waals surface area contributed by atoms with E-state index in [9.17, 15) is 4.79 Å². The minimum Gasteiger partial charge on any atom is -0.399 e. The number of hydrogen-bond acceptors (Lipinski definition) is 4. The standard InChI is InChI=1S/C21H23N3OS/c1-15-18-7-2-3-8-19(18)26-20(15)21(25)24-11-9-23(10-12-24)14-16-5-4-6-17(22)13-16/h2-8,13H,9-12,14,22H2,1H3. The van der Waals surface area contributed by atoms with Gasteiger partial charge in [0.1, 0.15) is 0 Å². The highest BCUT2D eigenvalue weighted by atomic mass is 32.1. The van der Waals surface area contributed by atoms with Crippen LogP contribution in [0.25, 0.3) is 10.1 Å². The molecule has 0 spiro atoms. The zero-order chi connectivity index (χ0) is 18.1. The average molecular weight is 366 g/mol. The van der Waals surface area contributed by atoms with Gasteiger partial charge >= 0.3 is 0 Å². The average Bonchev–Trinajstić information content (AvgIpc) is 2.99. The molecule has 0 atom stereocenters. The van der Waals surface area contributed by atoms with Crippen molar-refractivity contribution in [3.8, 4) is 0 Å². The third kappa shape index (κ3) is 3.32. The quantitative estimate of drug-likeness (QED) is 0.719. The predicted octanol–water partition coefficient (Wildman–Crippen LogP) is 3.75. The number of nitrogen functional groups attached to an aromatic ring is 1. The van der Waals surface area contributed by atoms with E-state index in [1.54, 1.807) is 11.3 Å². The third-order valence-corrected chi connectivity index (χ3v) is 6.32. The lowest BCUT2D eigenvalue weighted by molar-refractivity contribution is 0.0632. The molecule has 2 aromatic carbocycles. The van der Waals surface area contributed by atoms with Crippen molar-refractivity contribution in [3.63, 3.8) is 0 Å². The van der Waals surface area contributed by atoms with Crippen molar-refractivity contribution in [2.24, 2.45) is 0 Å². The van der Waals surface area contributed by atoms with Crippen LogP contribution < -0.4 is 5.73 Å². The molecule has 1 fully saturated rings. The van der Waals surface area contributed by atoms with Crippen LogP contribution in [0.3, 0.4) is 0 Å². The largest absolute Gasteiger partial charge is 0.399 e. The molecule has 0 radical (unpaired) electrons. The van der Waals surface area contributed by atoms with E-state index < -0.39 is 0 Å². The maximum absolute atomic E-state index is 13.0. The van der Waals surface area contributed by atoms with Crippen molar-refractivity contribution < 1.29 is 4.79 Å². The number of piperazine rings is 1. The van der Waals surface area contributed by atoms with E-state index >= 15 is 0 Å². The summed E-state index contributed by atoms with van der Waals surface area (Å²) in [5, 5.41) is 1.20. The van der Waals surface area contributed by atoms with Gasteiger partial charge in [0.25, 0.3) is 5.91 Å². The molecule has 4 rings (SSSR count). The number of anilines is 1. The van der Waals surface area contributed by atoms with E-state index in [2.05, 4.69) is 30.0 Å².